The average Bonchev–Trinajstić information content (AvgIpc) is 2.99. The van der Waals surface area contributed by atoms with Gasteiger partial charge in [0.1, 0.15) is 0 Å². The molecular formula is C15H32IN3O2. The summed E-state index contributed by atoms with van der Waals surface area (Å²) in [5.41, 5.74) is 0. The van der Waals surface area contributed by atoms with Gasteiger partial charge in [-0.05, 0) is 18.8 Å². The molecule has 1 atom stereocenters. The fraction of sp³-hybridized carbons (Fsp3) is 0.933. The van der Waals surface area contributed by atoms with Crippen molar-refractivity contribution in [3.63, 3.8) is 0 Å². The van der Waals surface area contributed by atoms with Gasteiger partial charge in [0.2, 0.25) is 0 Å². The molecule has 0 aliphatic carbocycles. The maximum atomic E-state index is 5.61. The van der Waals surface area contributed by atoms with Crippen LogP contribution in [0.25, 0.3) is 0 Å². The molecule has 21 heavy (non-hydrogen) atoms. The van der Waals surface area contributed by atoms with Crippen LogP contribution in [0.2, 0.25) is 0 Å². The van der Waals surface area contributed by atoms with Crippen LogP contribution in [0.3, 0.4) is 0 Å². The van der Waals surface area contributed by atoms with Gasteiger partial charge in [-0.2, -0.15) is 0 Å². The number of nitrogens with one attached hydrogen (secondary N) is 2. The van der Waals surface area contributed by atoms with Crippen molar-refractivity contribution in [2.24, 2.45) is 10.9 Å². The highest BCUT2D eigenvalue weighted by Crippen LogP contribution is 2.11. The zero-order valence-corrected chi connectivity index (χ0v) is 16.0. The summed E-state index contributed by atoms with van der Waals surface area (Å²) in [6, 6.07) is 0. The Hall–Kier alpha value is -0.0800. The molecule has 1 unspecified atom stereocenters. The molecule has 0 aromatic heterocycles. The average molecular weight is 413 g/mol. The monoisotopic (exact) mass is 413 g/mol. The predicted molar refractivity (Wildman–Crippen MR) is 98.6 cm³/mol. The maximum Gasteiger partial charge on any atom is 0.191 e. The van der Waals surface area contributed by atoms with Crippen LogP contribution in [0, 0.1) is 5.92 Å². The maximum absolute atomic E-state index is 5.61. The van der Waals surface area contributed by atoms with Gasteiger partial charge in [0, 0.05) is 26.7 Å². The van der Waals surface area contributed by atoms with E-state index in [0.29, 0.717) is 25.2 Å². The number of guanidine groups is 1. The lowest BCUT2D eigenvalue weighted by Gasteiger charge is -2.17. The molecule has 0 radical (unpaired) electrons. The van der Waals surface area contributed by atoms with Gasteiger partial charge in [-0.3, -0.25) is 4.99 Å². The van der Waals surface area contributed by atoms with E-state index >= 15 is 0 Å². The molecule has 1 saturated heterocycles. The second kappa shape index (κ2) is 13.6. The summed E-state index contributed by atoms with van der Waals surface area (Å²) in [6.07, 6.45) is 5.00. The number of hydrogen-bond donors (Lipinski definition) is 2. The van der Waals surface area contributed by atoms with Gasteiger partial charge in [-0.1, -0.05) is 26.7 Å². The molecule has 5 nitrogen and oxygen atoms in total. The van der Waals surface area contributed by atoms with Gasteiger partial charge in [0.25, 0.3) is 0 Å². The Morgan fingerprint density at radius 1 is 1.33 bits per heavy atom. The molecule has 1 aliphatic rings. The number of ether oxygens (including phenoxy) is 2. The molecule has 126 valence electrons. The van der Waals surface area contributed by atoms with E-state index in [9.17, 15) is 0 Å². The topological polar surface area (TPSA) is 54.9 Å². The highest BCUT2D eigenvalue weighted by molar-refractivity contribution is 14.0. The predicted octanol–water partition coefficient (Wildman–Crippen LogP) is 2.40. The standard InChI is InChI=1S/C15H31N3O2.HI/c1-4-13(5-2)11-18-15(16-3)17-8-10-19-12-14-7-6-9-20-14;/h13-14H,4-12H2,1-3H3,(H2,16,17,18);1H. The summed E-state index contributed by atoms with van der Waals surface area (Å²) >= 11 is 0. The minimum absolute atomic E-state index is 0. The van der Waals surface area contributed by atoms with Crippen LogP contribution in [0.15, 0.2) is 4.99 Å². The summed E-state index contributed by atoms with van der Waals surface area (Å²) in [4.78, 5) is 4.22. The van der Waals surface area contributed by atoms with Crippen molar-refractivity contribution >= 4 is 29.9 Å². The van der Waals surface area contributed by atoms with Gasteiger partial charge >= 0.3 is 0 Å². The Labute approximate surface area is 146 Å². The number of rotatable bonds is 9. The van der Waals surface area contributed by atoms with E-state index in [2.05, 4.69) is 29.5 Å². The third-order valence-corrected chi connectivity index (χ3v) is 3.80. The van der Waals surface area contributed by atoms with E-state index in [-0.39, 0.29) is 24.0 Å². The summed E-state index contributed by atoms with van der Waals surface area (Å²) in [5.74, 6) is 1.57. The third-order valence-electron chi connectivity index (χ3n) is 3.80. The van der Waals surface area contributed by atoms with E-state index in [4.69, 9.17) is 9.47 Å². The lowest BCUT2D eigenvalue weighted by molar-refractivity contribution is 0.0191. The molecule has 0 amide bonds. The van der Waals surface area contributed by atoms with E-state index in [0.717, 1.165) is 32.1 Å². The summed E-state index contributed by atoms with van der Waals surface area (Å²) < 4.78 is 11.1. The number of aliphatic imine (C=N–C) groups is 1. The minimum atomic E-state index is 0. The lowest BCUT2D eigenvalue weighted by atomic mass is 10.0. The van der Waals surface area contributed by atoms with Crippen LogP contribution in [0.5, 0.6) is 0 Å². The van der Waals surface area contributed by atoms with Gasteiger partial charge in [-0.15, -0.1) is 24.0 Å². The first-order chi connectivity index (χ1) is 9.80. The van der Waals surface area contributed by atoms with Crippen molar-refractivity contribution in [2.45, 2.75) is 45.6 Å². The van der Waals surface area contributed by atoms with Crippen LogP contribution < -0.4 is 10.6 Å². The SMILES string of the molecule is CCC(CC)CNC(=NC)NCCOCC1CCCO1.I. The van der Waals surface area contributed by atoms with E-state index in [1.165, 1.54) is 19.3 Å². The molecule has 2 N–H and O–H groups in total. The van der Waals surface area contributed by atoms with Crippen LogP contribution in [-0.2, 0) is 9.47 Å². The molecule has 0 bridgehead atoms. The summed E-state index contributed by atoms with van der Waals surface area (Å²) in [6.45, 7) is 8.49. The van der Waals surface area contributed by atoms with E-state index in [1.54, 1.807) is 7.05 Å². The highest BCUT2D eigenvalue weighted by atomic mass is 127. The molecule has 1 heterocycles. The Bertz CT molecular complexity index is 268. The quantitative estimate of drug-likeness (QED) is 0.264. The Morgan fingerprint density at radius 2 is 2.10 bits per heavy atom. The molecule has 1 rings (SSSR count). The fourth-order valence-corrected chi connectivity index (χ4v) is 2.27. The van der Waals surface area contributed by atoms with Crippen LogP contribution in [0.1, 0.15) is 39.5 Å². The second-order valence-corrected chi connectivity index (χ2v) is 5.27. The molecule has 0 aromatic rings. The zero-order valence-electron chi connectivity index (χ0n) is 13.7. The Morgan fingerprint density at radius 3 is 2.67 bits per heavy atom. The first-order valence-corrected chi connectivity index (χ1v) is 7.94. The van der Waals surface area contributed by atoms with Crippen molar-refractivity contribution in [3.05, 3.63) is 0 Å². The van der Waals surface area contributed by atoms with E-state index < -0.39 is 0 Å². The highest BCUT2D eigenvalue weighted by Gasteiger charge is 2.14. The Kier molecular flexibility index (Phi) is 13.5. The minimum Gasteiger partial charge on any atom is -0.377 e. The molecule has 1 fully saturated rings. The number of halogens is 1. The smallest absolute Gasteiger partial charge is 0.191 e. The second-order valence-electron chi connectivity index (χ2n) is 5.27. The fourth-order valence-electron chi connectivity index (χ4n) is 2.27. The summed E-state index contributed by atoms with van der Waals surface area (Å²) in [7, 11) is 1.80. The molecular weight excluding hydrogens is 381 g/mol. The van der Waals surface area contributed by atoms with Crippen LogP contribution in [-0.4, -0.2) is 52.0 Å². The van der Waals surface area contributed by atoms with Gasteiger partial charge in [0.05, 0.1) is 19.3 Å². The number of nitrogens with zero attached hydrogens (tertiary/aromatic N) is 1. The van der Waals surface area contributed by atoms with Gasteiger partial charge in [-0.25, -0.2) is 0 Å². The molecule has 1 aliphatic heterocycles. The van der Waals surface area contributed by atoms with Crippen molar-refractivity contribution < 1.29 is 9.47 Å². The van der Waals surface area contributed by atoms with Gasteiger partial charge in [0.15, 0.2) is 5.96 Å². The van der Waals surface area contributed by atoms with Crippen molar-refractivity contribution in [2.75, 3.05) is 40.0 Å². The van der Waals surface area contributed by atoms with Crippen molar-refractivity contribution in [1.29, 1.82) is 0 Å². The number of hydrogen-bond acceptors (Lipinski definition) is 3. The molecule has 0 aromatic carbocycles. The summed E-state index contributed by atoms with van der Waals surface area (Å²) in [5, 5.41) is 6.63. The lowest BCUT2D eigenvalue weighted by Crippen LogP contribution is -2.41. The zero-order chi connectivity index (χ0) is 14.6. The third kappa shape index (κ3) is 9.52. The first-order valence-electron chi connectivity index (χ1n) is 7.94. The van der Waals surface area contributed by atoms with Crippen LogP contribution in [0.4, 0.5) is 0 Å². The van der Waals surface area contributed by atoms with Crippen LogP contribution >= 0.6 is 24.0 Å². The van der Waals surface area contributed by atoms with Crippen molar-refractivity contribution in [3.8, 4) is 0 Å². The molecule has 0 saturated carbocycles. The Balaban J connectivity index is 0.00000400. The first kappa shape index (κ1) is 20.9. The van der Waals surface area contributed by atoms with Gasteiger partial charge < -0.3 is 20.1 Å². The van der Waals surface area contributed by atoms with Crippen molar-refractivity contribution in [1.82, 2.24) is 10.6 Å². The van der Waals surface area contributed by atoms with E-state index in [1.807, 2.05) is 0 Å². The largest absolute Gasteiger partial charge is 0.377 e. The normalized spacial score (nSPS) is 18.7. The molecule has 0 spiro atoms. The molecule has 6 heteroatoms.